The summed E-state index contributed by atoms with van der Waals surface area (Å²) in [7, 11) is 2.77. The number of halogens is 4. The summed E-state index contributed by atoms with van der Waals surface area (Å²) in [6.07, 6.45) is 0. The number of carbonyl (C=O) groups is 2. The number of carbonyl (C=O) groups excluding carboxylic acids is 2. The zero-order chi connectivity index (χ0) is 19.4. The van der Waals surface area contributed by atoms with E-state index in [1.54, 1.807) is 12.1 Å². The van der Waals surface area contributed by atoms with E-state index in [1.165, 1.54) is 26.4 Å². The number of methoxy groups -OCH3 is 2. The average Bonchev–Trinajstić information content (AvgIpc) is 2.57. The summed E-state index contributed by atoms with van der Waals surface area (Å²) in [6.45, 7) is 0. The van der Waals surface area contributed by atoms with Gasteiger partial charge in [-0.25, -0.2) is 4.79 Å². The van der Waals surface area contributed by atoms with Gasteiger partial charge >= 0.3 is 6.03 Å². The van der Waals surface area contributed by atoms with Crippen molar-refractivity contribution in [2.24, 2.45) is 0 Å². The molecule has 2 aromatic carbocycles. The number of amides is 3. The summed E-state index contributed by atoms with van der Waals surface area (Å²) in [5, 5.41) is 5.04. The van der Waals surface area contributed by atoms with Crippen LogP contribution in [0.5, 0.6) is 11.5 Å². The summed E-state index contributed by atoms with van der Waals surface area (Å²) < 4.78 is 12.4. The molecule has 10 heteroatoms. The molecule has 6 nitrogen and oxygen atoms in total. The van der Waals surface area contributed by atoms with E-state index in [2.05, 4.69) is 58.4 Å². The van der Waals surface area contributed by atoms with Crippen molar-refractivity contribution in [3.8, 4) is 11.5 Å². The highest BCUT2D eigenvalue weighted by atomic mass is 79.9. The van der Waals surface area contributed by atoms with E-state index >= 15 is 0 Å². The summed E-state index contributed by atoms with van der Waals surface area (Å²) in [5.74, 6) is -0.382. The fourth-order valence-corrected chi connectivity index (χ4v) is 4.79. The van der Waals surface area contributed by atoms with Crippen LogP contribution in [-0.2, 0) is 0 Å². The molecule has 0 bridgehead atoms. The van der Waals surface area contributed by atoms with Gasteiger partial charge in [-0.2, -0.15) is 0 Å². The molecular formula is C16H12Br3ClN2O4. The van der Waals surface area contributed by atoms with Crippen LogP contribution >= 0.6 is 59.4 Å². The second-order valence-corrected chi connectivity index (χ2v) is 7.84. The first-order chi connectivity index (χ1) is 12.3. The molecule has 0 heterocycles. The Bertz CT molecular complexity index is 854. The van der Waals surface area contributed by atoms with Crippen LogP contribution in [0.2, 0.25) is 5.02 Å². The molecule has 2 aromatic rings. The quantitative estimate of drug-likeness (QED) is 0.501. The van der Waals surface area contributed by atoms with E-state index in [0.29, 0.717) is 14.6 Å². The van der Waals surface area contributed by atoms with Crippen molar-refractivity contribution in [1.29, 1.82) is 0 Å². The van der Waals surface area contributed by atoms with Crippen molar-refractivity contribution < 1.29 is 19.1 Å². The second kappa shape index (κ2) is 9.07. The molecule has 0 saturated carbocycles. The standard InChI is InChI=1S/C16H12Br3ClN2O4/c1-25-11-4-3-10(20)14(26-2)12(11)15(23)22-16(24)21-13-8(18)5-7(17)6-9(13)19/h3-6H,1-2H3,(H2,21,22,23,24). The third-order valence-corrected chi connectivity index (χ3v) is 5.20. The van der Waals surface area contributed by atoms with Gasteiger partial charge < -0.3 is 14.8 Å². The van der Waals surface area contributed by atoms with Gasteiger partial charge in [0.1, 0.15) is 11.3 Å². The van der Waals surface area contributed by atoms with Gasteiger partial charge in [0, 0.05) is 13.4 Å². The smallest absolute Gasteiger partial charge is 0.326 e. The zero-order valence-electron chi connectivity index (χ0n) is 13.5. The Morgan fingerprint density at radius 3 is 2.19 bits per heavy atom. The number of ether oxygens (including phenoxy) is 2. The van der Waals surface area contributed by atoms with Gasteiger partial charge in [-0.15, -0.1) is 0 Å². The predicted octanol–water partition coefficient (Wildman–Crippen LogP) is 5.61. The van der Waals surface area contributed by atoms with Gasteiger partial charge in [0.25, 0.3) is 5.91 Å². The highest BCUT2D eigenvalue weighted by Gasteiger charge is 2.23. The van der Waals surface area contributed by atoms with Gasteiger partial charge in [0.15, 0.2) is 5.75 Å². The number of hydrogen-bond donors (Lipinski definition) is 2. The number of anilines is 1. The van der Waals surface area contributed by atoms with E-state index < -0.39 is 11.9 Å². The molecule has 0 aliphatic rings. The number of rotatable bonds is 4. The lowest BCUT2D eigenvalue weighted by Gasteiger charge is -2.15. The van der Waals surface area contributed by atoms with Crippen molar-refractivity contribution in [3.63, 3.8) is 0 Å². The van der Waals surface area contributed by atoms with Crippen molar-refractivity contribution >= 4 is 77.0 Å². The summed E-state index contributed by atoms with van der Waals surface area (Å²) in [4.78, 5) is 24.8. The largest absolute Gasteiger partial charge is 0.496 e. The van der Waals surface area contributed by atoms with Crippen LogP contribution in [0, 0.1) is 0 Å². The lowest BCUT2D eigenvalue weighted by molar-refractivity contribution is 0.0961. The topological polar surface area (TPSA) is 76.7 Å². The lowest BCUT2D eigenvalue weighted by atomic mass is 10.1. The van der Waals surface area contributed by atoms with Gasteiger partial charge in [-0.1, -0.05) is 27.5 Å². The van der Waals surface area contributed by atoms with E-state index in [0.717, 1.165) is 4.47 Å². The number of benzene rings is 2. The van der Waals surface area contributed by atoms with Gasteiger partial charge in [0.2, 0.25) is 0 Å². The fraction of sp³-hybridized carbons (Fsp3) is 0.125. The van der Waals surface area contributed by atoms with Gasteiger partial charge in [-0.05, 0) is 56.1 Å². The second-order valence-electron chi connectivity index (χ2n) is 4.81. The minimum atomic E-state index is -0.734. The first-order valence-electron chi connectivity index (χ1n) is 6.95. The molecule has 26 heavy (non-hydrogen) atoms. The molecule has 0 fully saturated rings. The van der Waals surface area contributed by atoms with Crippen LogP contribution in [0.1, 0.15) is 10.4 Å². The number of nitrogens with one attached hydrogen (secondary N) is 2. The van der Waals surface area contributed by atoms with Crippen LogP contribution < -0.4 is 20.1 Å². The van der Waals surface area contributed by atoms with Crippen molar-refractivity contribution in [2.45, 2.75) is 0 Å². The van der Waals surface area contributed by atoms with Crippen molar-refractivity contribution in [1.82, 2.24) is 5.32 Å². The zero-order valence-corrected chi connectivity index (χ0v) is 19.0. The van der Waals surface area contributed by atoms with E-state index in [-0.39, 0.29) is 22.1 Å². The van der Waals surface area contributed by atoms with Gasteiger partial charge in [0.05, 0.1) is 24.9 Å². The van der Waals surface area contributed by atoms with E-state index in [1.807, 2.05) is 0 Å². The molecule has 0 unspecified atom stereocenters. The Kier molecular flexibility index (Phi) is 7.33. The molecule has 0 saturated heterocycles. The molecular weight excluding hydrogens is 559 g/mol. The van der Waals surface area contributed by atoms with Crippen LogP contribution in [0.3, 0.4) is 0 Å². The summed E-state index contributed by atoms with van der Waals surface area (Å²) in [5.41, 5.74) is 0.482. The van der Waals surface area contributed by atoms with Crippen molar-refractivity contribution in [2.75, 3.05) is 19.5 Å². The first-order valence-corrected chi connectivity index (χ1v) is 9.71. The molecule has 0 aromatic heterocycles. The number of hydrogen-bond acceptors (Lipinski definition) is 4. The summed E-state index contributed by atoms with van der Waals surface area (Å²) >= 11 is 16.1. The predicted molar refractivity (Wildman–Crippen MR) is 111 cm³/mol. The maximum absolute atomic E-state index is 12.6. The van der Waals surface area contributed by atoms with Crippen LogP contribution in [0.4, 0.5) is 10.5 Å². The lowest BCUT2D eigenvalue weighted by Crippen LogP contribution is -2.35. The molecule has 0 atom stereocenters. The van der Waals surface area contributed by atoms with Crippen molar-refractivity contribution in [3.05, 3.63) is 48.3 Å². The van der Waals surface area contributed by atoms with Crippen LogP contribution in [0.15, 0.2) is 37.7 Å². The van der Waals surface area contributed by atoms with Gasteiger partial charge in [-0.3, -0.25) is 10.1 Å². The molecule has 2 N–H and O–H groups in total. The van der Waals surface area contributed by atoms with Crippen LogP contribution in [0.25, 0.3) is 0 Å². The minimum absolute atomic E-state index is 0.0200. The SMILES string of the molecule is COc1ccc(Cl)c(OC)c1C(=O)NC(=O)Nc1c(Br)cc(Br)cc1Br. The minimum Gasteiger partial charge on any atom is -0.496 e. The van der Waals surface area contributed by atoms with E-state index in [9.17, 15) is 9.59 Å². The third kappa shape index (κ3) is 4.70. The normalized spacial score (nSPS) is 10.2. The summed E-state index contributed by atoms with van der Waals surface area (Å²) in [6, 6.07) is 5.82. The highest BCUT2D eigenvalue weighted by Crippen LogP contribution is 2.36. The Morgan fingerprint density at radius 2 is 1.65 bits per heavy atom. The number of imide groups is 1. The third-order valence-electron chi connectivity index (χ3n) is 3.19. The van der Waals surface area contributed by atoms with Crippen LogP contribution in [-0.4, -0.2) is 26.2 Å². The first kappa shape index (κ1) is 21.0. The Hall–Kier alpha value is -1.29. The molecule has 0 spiro atoms. The highest BCUT2D eigenvalue weighted by molar-refractivity contribution is 9.11. The molecule has 0 aliphatic heterocycles. The Morgan fingerprint density at radius 1 is 1.04 bits per heavy atom. The molecule has 0 radical (unpaired) electrons. The maximum Gasteiger partial charge on any atom is 0.326 e. The molecule has 2 rings (SSSR count). The molecule has 3 amide bonds. The maximum atomic E-state index is 12.6. The monoisotopic (exact) mass is 568 g/mol. The molecule has 138 valence electrons. The number of urea groups is 1. The average molecular weight is 571 g/mol. The Labute approximate surface area is 180 Å². The molecule has 0 aliphatic carbocycles. The Balaban J connectivity index is 2.26. The fourth-order valence-electron chi connectivity index (χ4n) is 2.10. The van der Waals surface area contributed by atoms with E-state index in [4.69, 9.17) is 21.1 Å².